The molecule has 1 aliphatic carbocycles. The highest BCUT2D eigenvalue weighted by Crippen LogP contribution is 2.47. The largest absolute Gasteiger partial charge is 0.393 e. The molecule has 1 aromatic heterocycles. The third-order valence-electron chi connectivity index (χ3n) is 4.21. The van der Waals surface area contributed by atoms with E-state index in [1.807, 2.05) is 4.90 Å². The summed E-state index contributed by atoms with van der Waals surface area (Å²) in [6.45, 7) is 1.67. The first-order valence-electron chi connectivity index (χ1n) is 6.32. The minimum atomic E-state index is -0.354. The summed E-state index contributed by atoms with van der Waals surface area (Å²) in [7, 11) is 0. The zero-order chi connectivity index (χ0) is 12.8. The molecule has 2 fully saturated rings. The normalized spacial score (nSPS) is 23.2. The van der Waals surface area contributed by atoms with Crippen molar-refractivity contribution >= 4 is 17.3 Å². The Hall–Kier alpha value is -0.870. The third-order valence-corrected chi connectivity index (χ3v) is 4.49. The molecular formula is C13H16ClFN2O. The standard InChI is InChI=1S/C13H16ClFN2O/c14-10-5-16-6-11(15)12(10)17-7-13(8-17)3-1-9(18)2-4-13/h5-6,9,18H,1-4,7-8H2. The molecule has 2 aliphatic rings. The van der Waals surface area contributed by atoms with E-state index in [-0.39, 0.29) is 17.3 Å². The van der Waals surface area contributed by atoms with E-state index in [0.717, 1.165) is 38.8 Å². The van der Waals surface area contributed by atoms with Crippen molar-refractivity contribution in [2.45, 2.75) is 31.8 Å². The maximum atomic E-state index is 13.7. The minimum absolute atomic E-state index is 0.147. The van der Waals surface area contributed by atoms with Crippen LogP contribution in [0.5, 0.6) is 0 Å². The molecule has 0 atom stereocenters. The highest BCUT2D eigenvalue weighted by Gasteiger charge is 2.46. The second kappa shape index (κ2) is 4.35. The average Bonchev–Trinajstić information content (AvgIpc) is 2.29. The Labute approximate surface area is 111 Å². The molecule has 3 rings (SSSR count). The number of nitrogens with zero attached hydrogens (tertiary/aromatic N) is 2. The lowest BCUT2D eigenvalue weighted by Crippen LogP contribution is -2.58. The second-order valence-corrected chi connectivity index (χ2v) is 5.95. The van der Waals surface area contributed by atoms with E-state index in [2.05, 4.69) is 4.98 Å². The van der Waals surface area contributed by atoms with Crippen LogP contribution in [0.25, 0.3) is 0 Å². The lowest BCUT2D eigenvalue weighted by molar-refractivity contribution is 0.0451. The van der Waals surface area contributed by atoms with Crippen molar-refractivity contribution in [3.63, 3.8) is 0 Å². The predicted molar refractivity (Wildman–Crippen MR) is 68.3 cm³/mol. The predicted octanol–water partition coefficient (Wildman–Crippen LogP) is 2.62. The number of halogens is 2. The molecule has 0 bridgehead atoms. The Morgan fingerprint density at radius 2 is 2.00 bits per heavy atom. The Morgan fingerprint density at radius 3 is 2.61 bits per heavy atom. The molecule has 3 nitrogen and oxygen atoms in total. The van der Waals surface area contributed by atoms with Gasteiger partial charge in [-0.1, -0.05) is 11.6 Å². The van der Waals surface area contributed by atoms with E-state index < -0.39 is 0 Å². The molecule has 1 aromatic rings. The van der Waals surface area contributed by atoms with Gasteiger partial charge in [0.15, 0.2) is 5.82 Å². The summed E-state index contributed by atoms with van der Waals surface area (Å²) in [4.78, 5) is 5.72. The van der Waals surface area contributed by atoms with Crippen LogP contribution in [0, 0.1) is 11.2 Å². The molecular weight excluding hydrogens is 255 g/mol. The van der Waals surface area contributed by atoms with E-state index >= 15 is 0 Å². The fraction of sp³-hybridized carbons (Fsp3) is 0.615. The number of aliphatic hydroxyl groups excluding tert-OH is 1. The summed E-state index contributed by atoms with van der Waals surface area (Å²) in [5, 5.41) is 9.90. The Balaban J connectivity index is 1.72. The van der Waals surface area contributed by atoms with Crippen LogP contribution in [0.1, 0.15) is 25.7 Å². The van der Waals surface area contributed by atoms with Gasteiger partial charge >= 0.3 is 0 Å². The van der Waals surface area contributed by atoms with Gasteiger partial charge in [-0.3, -0.25) is 4.98 Å². The van der Waals surface area contributed by atoms with Crippen LogP contribution >= 0.6 is 11.6 Å². The van der Waals surface area contributed by atoms with Crippen LogP contribution in [0.3, 0.4) is 0 Å². The number of hydrogen-bond donors (Lipinski definition) is 1. The molecule has 0 unspecified atom stereocenters. The zero-order valence-electron chi connectivity index (χ0n) is 10.1. The average molecular weight is 271 g/mol. The van der Waals surface area contributed by atoms with Crippen molar-refractivity contribution in [2.24, 2.45) is 5.41 Å². The van der Waals surface area contributed by atoms with E-state index in [9.17, 15) is 9.50 Å². The van der Waals surface area contributed by atoms with Crippen molar-refractivity contribution in [3.05, 3.63) is 23.2 Å². The summed E-state index contributed by atoms with van der Waals surface area (Å²) in [6.07, 6.45) is 6.31. The van der Waals surface area contributed by atoms with Gasteiger partial charge in [0.2, 0.25) is 0 Å². The van der Waals surface area contributed by atoms with Crippen LogP contribution < -0.4 is 4.90 Å². The highest BCUT2D eigenvalue weighted by molar-refractivity contribution is 6.33. The third kappa shape index (κ3) is 1.97. The van der Waals surface area contributed by atoms with Gasteiger partial charge in [-0.15, -0.1) is 0 Å². The van der Waals surface area contributed by atoms with Crippen molar-refractivity contribution in [2.75, 3.05) is 18.0 Å². The van der Waals surface area contributed by atoms with Gasteiger partial charge in [-0.2, -0.15) is 0 Å². The summed E-state index contributed by atoms with van der Waals surface area (Å²) in [5.41, 5.74) is 0.738. The number of anilines is 1. The van der Waals surface area contributed by atoms with Gasteiger partial charge in [0.25, 0.3) is 0 Å². The fourth-order valence-electron chi connectivity index (χ4n) is 3.16. The van der Waals surface area contributed by atoms with Crippen molar-refractivity contribution in [1.29, 1.82) is 0 Å². The first-order chi connectivity index (χ1) is 8.60. The molecule has 2 heterocycles. The monoisotopic (exact) mass is 270 g/mol. The van der Waals surface area contributed by atoms with Crippen LogP contribution in [0.4, 0.5) is 10.1 Å². The zero-order valence-corrected chi connectivity index (χ0v) is 10.8. The van der Waals surface area contributed by atoms with E-state index in [0.29, 0.717) is 10.7 Å². The molecule has 1 saturated carbocycles. The molecule has 1 aliphatic heterocycles. The molecule has 1 N–H and O–H groups in total. The maximum Gasteiger partial charge on any atom is 0.166 e. The van der Waals surface area contributed by atoms with Crippen molar-refractivity contribution in [1.82, 2.24) is 4.98 Å². The number of aromatic nitrogens is 1. The number of rotatable bonds is 1. The molecule has 0 radical (unpaired) electrons. The topological polar surface area (TPSA) is 36.4 Å². The molecule has 0 aromatic carbocycles. The van der Waals surface area contributed by atoms with E-state index in [1.165, 1.54) is 12.4 Å². The first-order valence-corrected chi connectivity index (χ1v) is 6.69. The summed E-state index contributed by atoms with van der Waals surface area (Å²) in [6, 6.07) is 0. The summed E-state index contributed by atoms with van der Waals surface area (Å²) in [5.74, 6) is -0.354. The van der Waals surface area contributed by atoms with Gasteiger partial charge in [0.1, 0.15) is 0 Å². The van der Waals surface area contributed by atoms with Crippen LogP contribution in [-0.2, 0) is 0 Å². The van der Waals surface area contributed by atoms with Crippen LogP contribution in [0.15, 0.2) is 12.4 Å². The second-order valence-electron chi connectivity index (χ2n) is 5.54. The smallest absolute Gasteiger partial charge is 0.166 e. The number of aliphatic hydroxyl groups is 1. The van der Waals surface area contributed by atoms with Crippen molar-refractivity contribution < 1.29 is 9.50 Å². The Kier molecular flexibility index (Phi) is 2.94. The Bertz CT molecular complexity index is 432. The van der Waals surface area contributed by atoms with Gasteiger partial charge in [-0.05, 0) is 25.7 Å². The fourth-order valence-corrected chi connectivity index (χ4v) is 3.43. The number of pyridine rings is 1. The van der Waals surface area contributed by atoms with E-state index in [4.69, 9.17) is 11.6 Å². The quantitative estimate of drug-likeness (QED) is 0.852. The first kappa shape index (κ1) is 12.2. The van der Waals surface area contributed by atoms with Crippen LogP contribution in [0.2, 0.25) is 5.02 Å². The molecule has 1 saturated heterocycles. The molecule has 18 heavy (non-hydrogen) atoms. The van der Waals surface area contributed by atoms with Crippen molar-refractivity contribution in [3.8, 4) is 0 Å². The summed E-state index contributed by atoms with van der Waals surface area (Å²) < 4.78 is 13.7. The van der Waals surface area contributed by atoms with Crippen LogP contribution in [-0.4, -0.2) is 29.3 Å². The Morgan fingerprint density at radius 1 is 1.33 bits per heavy atom. The number of hydrogen-bond acceptors (Lipinski definition) is 3. The van der Waals surface area contributed by atoms with Gasteiger partial charge in [0.05, 0.1) is 23.0 Å². The maximum absolute atomic E-state index is 13.7. The highest BCUT2D eigenvalue weighted by atomic mass is 35.5. The SMILES string of the molecule is OC1CCC2(CC1)CN(c1c(F)cncc1Cl)C2. The molecule has 5 heteroatoms. The van der Waals surface area contributed by atoms with Gasteiger partial charge in [0, 0.05) is 24.7 Å². The lowest BCUT2D eigenvalue weighted by atomic mass is 9.68. The van der Waals surface area contributed by atoms with Gasteiger partial charge in [-0.25, -0.2) is 4.39 Å². The lowest BCUT2D eigenvalue weighted by Gasteiger charge is -2.54. The van der Waals surface area contributed by atoms with Gasteiger partial charge < -0.3 is 10.0 Å². The summed E-state index contributed by atoms with van der Waals surface area (Å²) >= 11 is 6.00. The minimum Gasteiger partial charge on any atom is -0.393 e. The molecule has 0 amide bonds. The van der Waals surface area contributed by atoms with E-state index in [1.54, 1.807) is 0 Å². The molecule has 98 valence electrons. The molecule has 1 spiro atoms.